The number of carbonyl (C=O) groups excluding carboxylic acids is 1. The zero-order valence-electron chi connectivity index (χ0n) is 14.0. The van der Waals surface area contributed by atoms with E-state index in [-0.39, 0.29) is 17.1 Å². The number of nitrogens with one attached hydrogen (secondary N) is 1. The molecule has 1 heterocycles. The van der Waals surface area contributed by atoms with Crippen LogP contribution in [0.25, 0.3) is 0 Å². The van der Waals surface area contributed by atoms with Crippen LogP contribution in [0.5, 0.6) is 0 Å². The van der Waals surface area contributed by atoms with E-state index in [2.05, 4.69) is 9.97 Å². The van der Waals surface area contributed by atoms with Gasteiger partial charge in [-0.15, -0.1) is 0 Å². The Kier molecular flexibility index (Phi) is 5.77. The minimum absolute atomic E-state index is 0.0548. The number of rotatable bonds is 6. The largest absolute Gasteiger partial charge is 0.301 e. The van der Waals surface area contributed by atoms with Crippen LogP contribution in [0.3, 0.4) is 0 Å². The molecule has 0 saturated heterocycles. The van der Waals surface area contributed by atoms with E-state index in [1.54, 1.807) is 0 Å². The summed E-state index contributed by atoms with van der Waals surface area (Å²) in [6, 6.07) is 5.50. The molecular formula is C18H22N2O2S. The van der Waals surface area contributed by atoms with Crippen molar-refractivity contribution in [3.8, 4) is 0 Å². The normalized spacial score (nSPS) is 10.8. The zero-order chi connectivity index (χ0) is 17.0. The number of aromatic amines is 1. The lowest BCUT2D eigenvalue weighted by molar-refractivity contribution is 0.102. The smallest absolute Gasteiger partial charge is 0.251 e. The first-order chi connectivity index (χ1) is 10.9. The van der Waals surface area contributed by atoms with Gasteiger partial charge in [0.25, 0.3) is 5.56 Å². The third-order valence-electron chi connectivity index (χ3n) is 3.76. The number of aromatic nitrogens is 2. The average molecular weight is 330 g/mol. The fourth-order valence-electron chi connectivity index (χ4n) is 2.41. The molecule has 0 unspecified atom stereocenters. The van der Waals surface area contributed by atoms with Crippen LogP contribution in [0.2, 0.25) is 0 Å². The third-order valence-corrected chi connectivity index (χ3v) is 4.63. The highest BCUT2D eigenvalue weighted by Crippen LogP contribution is 2.19. The Morgan fingerprint density at radius 2 is 1.83 bits per heavy atom. The molecule has 122 valence electrons. The second-order valence-corrected chi connectivity index (χ2v) is 6.72. The molecule has 0 bridgehead atoms. The first kappa shape index (κ1) is 17.5. The van der Waals surface area contributed by atoms with Crippen molar-refractivity contribution in [2.24, 2.45) is 0 Å². The predicted octanol–water partition coefficient (Wildman–Crippen LogP) is 3.62. The maximum atomic E-state index is 12.5. The van der Waals surface area contributed by atoms with Crippen LogP contribution in [-0.2, 0) is 6.42 Å². The Morgan fingerprint density at radius 3 is 2.52 bits per heavy atom. The number of thioether (sulfide) groups is 1. The molecule has 4 nitrogen and oxygen atoms in total. The highest BCUT2D eigenvalue weighted by Gasteiger charge is 2.12. The number of hydrogen-bond acceptors (Lipinski definition) is 4. The zero-order valence-corrected chi connectivity index (χ0v) is 14.8. The molecule has 1 aromatic heterocycles. The topological polar surface area (TPSA) is 62.8 Å². The molecule has 0 amide bonds. The van der Waals surface area contributed by atoms with Crippen LogP contribution in [-0.4, -0.2) is 21.5 Å². The van der Waals surface area contributed by atoms with Crippen LogP contribution >= 0.6 is 11.8 Å². The van der Waals surface area contributed by atoms with E-state index in [1.165, 1.54) is 23.4 Å². The third kappa shape index (κ3) is 4.55. The van der Waals surface area contributed by atoms with Crippen molar-refractivity contribution in [2.75, 3.05) is 5.75 Å². The number of carbonyl (C=O) groups is 1. The highest BCUT2D eigenvalue weighted by atomic mass is 32.2. The summed E-state index contributed by atoms with van der Waals surface area (Å²) in [6.07, 6.45) is 1.70. The van der Waals surface area contributed by atoms with Gasteiger partial charge >= 0.3 is 0 Å². The Labute approximate surface area is 140 Å². The monoisotopic (exact) mass is 330 g/mol. The molecule has 0 fully saturated rings. The van der Waals surface area contributed by atoms with Crippen molar-refractivity contribution in [3.05, 3.63) is 56.5 Å². The van der Waals surface area contributed by atoms with Gasteiger partial charge < -0.3 is 4.98 Å². The second kappa shape index (κ2) is 7.59. The van der Waals surface area contributed by atoms with Crippen molar-refractivity contribution < 1.29 is 4.79 Å². The van der Waals surface area contributed by atoms with E-state index < -0.39 is 0 Å². The van der Waals surface area contributed by atoms with E-state index in [0.717, 1.165) is 35.2 Å². The lowest BCUT2D eigenvalue weighted by Crippen LogP contribution is -2.12. The Hall–Kier alpha value is -1.88. The lowest BCUT2D eigenvalue weighted by Gasteiger charge is -2.09. The standard InChI is InChI=1S/C18H22N2O2S/c1-5-6-14-9-17(22)20-18(19-14)23-10-16(21)15-8-12(3)11(2)7-13(15)4/h7-9H,5-6,10H2,1-4H3,(H,19,20,22). The summed E-state index contributed by atoms with van der Waals surface area (Å²) < 4.78 is 0. The van der Waals surface area contributed by atoms with Crippen molar-refractivity contribution in [1.82, 2.24) is 9.97 Å². The number of Topliss-reactive ketones (excluding diaryl/α,β-unsaturated/α-hetero) is 1. The molecule has 1 N–H and O–H groups in total. The Bertz CT molecular complexity index is 781. The molecule has 0 atom stereocenters. The van der Waals surface area contributed by atoms with E-state index in [9.17, 15) is 9.59 Å². The maximum absolute atomic E-state index is 12.5. The number of nitrogens with zero attached hydrogens (tertiary/aromatic N) is 1. The molecule has 2 rings (SSSR count). The number of aryl methyl sites for hydroxylation is 4. The van der Waals surface area contributed by atoms with Crippen molar-refractivity contribution in [2.45, 2.75) is 45.7 Å². The first-order valence-electron chi connectivity index (χ1n) is 7.74. The molecule has 5 heteroatoms. The van der Waals surface area contributed by atoms with E-state index in [0.29, 0.717) is 5.16 Å². The summed E-state index contributed by atoms with van der Waals surface area (Å²) in [5.41, 5.74) is 4.63. The molecule has 0 saturated carbocycles. The van der Waals surface area contributed by atoms with Crippen LogP contribution in [0, 0.1) is 20.8 Å². The van der Waals surface area contributed by atoms with Gasteiger partial charge in [-0.3, -0.25) is 9.59 Å². The molecule has 0 radical (unpaired) electrons. The van der Waals surface area contributed by atoms with Gasteiger partial charge in [-0.1, -0.05) is 31.2 Å². The number of H-pyrrole nitrogens is 1. The molecule has 2 aromatic rings. The predicted molar refractivity (Wildman–Crippen MR) is 94.6 cm³/mol. The van der Waals surface area contributed by atoms with Crippen LogP contribution in [0.15, 0.2) is 28.2 Å². The van der Waals surface area contributed by atoms with Gasteiger partial charge in [0.15, 0.2) is 10.9 Å². The molecule has 1 aromatic carbocycles. The lowest BCUT2D eigenvalue weighted by atomic mass is 9.99. The second-order valence-electron chi connectivity index (χ2n) is 5.76. The quantitative estimate of drug-likeness (QED) is 0.499. The number of hydrogen-bond donors (Lipinski definition) is 1. The summed E-state index contributed by atoms with van der Waals surface area (Å²) in [6.45, 7) is 8.04. The van der Waals surface area contributed by atoms with Crippen LogP contribution in [0.4, 0.5) is 0 Å². The van der Waals surface area contributed by atoms with Crippen molar-refractivity contribution in [1.29, 1.82) is 0 Å². The average Bonchev–Trinajstić information content (AvgIpc) is 2.48. The summed E-state index contributed by atoms with van der Waals surface area (Å²) >= 11 is 1.28. The fraction of sp³-hybridized carbons (Fsp3) is 0.389. The summed E-state index contributed by atoms with van der Waals surface area (Å²) in [7, 11) is 0. The van der Waals surface area contributed by atoms with Gasteiger partial charge in [-0.05, 0) is 49.9 Å². The van der Waals surface area contributed by atoms with Crippen LogP contribution in [0.1, 0.15) is 46.1 Å². The molecule has 0 aliphatic heterocycles. The van der Waals surface area contributed by atoms with Gasteiger partial charge in [0.1, 0.15) is 0 Å². The van der Waals surface area contributed by atoms with Crippen molar-refractivity contribution >= 4 is 17.5 Å². The minimum Gasteiger partial charge on any atom is -0.301 e. The van der Waals surface area contributed by atoms with Gasteiger partial charge in [-0.2, -0.15) is 0 Å². The Morgan fingerprint density at radius 1 is 1.13 bits per heavy atom. The molecule has 0 aliphatic carbocycles. The SMILES string of the molecule is CCCc1cc(=O)[nH]c(SCC(=O)c2cc(C)c(C)cc2C)n1. The molecule has 0 spiro atoms. The van der Waals surface area contributed by atoms with E-state index in [1.807, 2.05) is 39.8 Å². The highest BCUT2D eigenvalue weighted by molar-refractivity contribution is 7.99. The number of benzene rings is 1. The van der Waals surface area contributed by atoms with E-state index in [4.69, 9.17) is 0 Å². The first-order valence-corrected chi connectivity index (χ1v) is 8.73. The summed E-state index contributed by atoms with van der Waals surface area (Å²) in [4.78, 5) is 31.2. The van der Waals surface area contributed by atoms with Gasteiger partial charge in [-0.25, -0.2) is 4.98 Å². The van der Waals surface area contributed by atoms with Gasteiger partial charge in [0, 0.05) is 17.3 Å². The van der Waals surface area contributed by atoms with E-state index >= 15 is 0 Å². The summed E-state index contributed by atoms with van der Waals surface area (Å²) in [5.74, 6) is 0.320. The number of ketones is 1. The van der Waals surface area contributed by atoms with Gasteiger partial charge in [0.2, 0.25) is 0 Å². The summed E-state index contributed by atoms with van der Waals surface area (Å²) in [5, 5.41) is 0.510. The molecule has 23 heavy (non-hydrogen) atoms. The molecule has 0 aliphatic rings. The maximum Gasteiger partial charge on any atom is 0.251 e. The van der Waals surface area contributed by atoms with Gasteiger partial charge in [0.05, 0.1) is 5.75 Å². The fourth-order valence-corrected chi connectivity index (χ4v) is 3.19. The van der Waals surface area contributed by atoms with Crippen molar-refractivity contribution in [3.63, 3.8) is 0 Å². The Balaban J connectivity index is 2.13. The van der Waals surface area contributed by atoms with Crippen LogP contribution < -0.4 is 5.56 Å². The minimum atomic E-state index is -0.166. The molecular weight excluding hydrogens is 308 g/mol.